The predicted octanol–water partition coefficient (Wildman–Crippen LogP) is 3.63. The van der Waals surface area contributed by atoms with E-state index in [9.17, 15) is 10.1 Å². The molecule has 1 aliphatic rings. The Labute approximate surface area is 152 Å². The highest BCUT2D eigenvalue weighted by Gasteiger charge is 2.24. The topological polar surface area (TPSA) is 70.2 Å². The first-order valence-electron chi connectivity index (χ1n) is 8.86. The Balaban J connectivity index is 1.67. The van der Waals surface area contributed by atoms with Crippen LogP contribution in [0, 0.1) is 25.2 Å². The third-order valence-corrected chi connectivity index (χ3v) is 5.08. The second kappa shape index (κ2) is 6.30. The summed E-state index contributed by atoms with van der Waals surface area (Å²) in [5.41, 5.74) is 6.12. The lowest BCUT2D eigenvalue weighted by Gasteiger charge is -2.26. The highest BCUT2D eigenvalue weighted by molar-refractivity contribution is 6.00. The fourth-order valence-electron chi connectivity index (χ4n) is 3.83. The van der Waals surface area contributed by atoms with E-state index in [2.05, 4.69) is 16.4 Å². The molecule has 0 aliphatic heterocycles. The van der Waals surface area contributed by atoms with E-state index in [0.717, 1.165) is 36.2 Å². The zero-order chi connectivity index (χ0) is 18.3. The maximum absolute atomic E-state index is 12.9. The Kier molecular flexibility index (Phi) is 3.96. The van der Waals surface area contributed by atoms with Gasteiger partial charge in [-0.25, -0.2) is 4.98 Å². The number of nitriles is 1. The average Bonchev–Trinajstić information content (AvgIpc) is 3.06. The third kappa shape index (κ3) is 2.74. The molecule has 1 atom stereocenters. The minimum Gasteiger partial charge on any atom is -0.345 e. The van der Waals surface area contributed by atoms with Crippen LogP contribution in [0.25, 0.3) is 5.65 Å². The van der Waals surface area contributed by atoms with Gasteiger partial charge in [0.05, 0.1) is 23.2 Å². The number of carbonyl (C=O) groups excluding carboxylic acids is 1. The number of rotatable bonds is 2. The first-order chi connectivity index (χ1) is 12.6. The number of hydrogen-bond acceptors (Lipinski definition) is 3. The van der Waals surface area contributed by atoms with Crippen molar-refractivity contribution in [2.45, 2.75) is 39.2 Å². The summed E-state index contributed by atoms with van der Waals surface area (Å²) < 4.78 is 1.94. The van der Waals surface area contributed by atoms with Crippen LogP contribution in [0.3, 0.4) is 0 Å². The molecule has 1 unspecified atom stereocenters. The van der Waals surface area contributed by atoms with Crippen LogP contribution in [0.15, 0.2) is 36.5 Å². The van der Waals surface area contributed by atoms with Crippen molar-refractivity contribution in [1.29, 1.82) is 5.26 Å². The van der Waals surface area contributed by atoms with E-state index in [1.165, 1.54) is 5.56 Å². The lowest BCUT2D eigenvalue weighted by Crippen LogP contribution is -2.31. The molecule has 2 aromatic heterocycles. The zero-order valence-electron chi connectivity index (χ0n) is 14.9. The first kappa shape index (κ1) is 16.3. The van der Waals surface area contributed by atoms with Crippen molar-refractivity contribution in [3.63, 3.8) is 0 Å². The van der Waals surface area contributed by atoms with Gasteiger partial charge in [0.2, 0.25) is 0 Å². The van der Waals surface area contributed by atoms with Gasteiger partial charge in [0.25, 0.3) is 5.91 Å². The molecule has 26 heavy (non-hydrogen) atoms. The van der Waals surface area contributed by atoms with Gasteiger partial charge in [-0.3, -0.25) is 4.79 Å². The Morgan fingerprint density at radius 1 is 1.31 bits per heavy atom. The molecular weight excluding hydrogens is 324 g/mol. The molecule has 3 aromatic rings. The van der Waals surface area contributed by atoms with Crippen molar-refractivity contribution in [3.8, 4) is 6.07 Å². The maximum Gasteiger partial charge on any atom is 0.255 e. The van der Waals surface area contributed by atoms with E-state index in [1.807, 2.05) is 54.8 Å². The van der Waals surface area contributed by atoms with Crippen LogP contribution in [0.4, 0.5) is 0 Å². The fourth-order valence-corrected chi connectivity index (χ4v) is 3.83. The summed E-state index contributed by atoms with van der Waals surface area (Å²) in [6.07, 6.45) is 4.78. The molecule has 1 amide bonds. The van der Waals surface area contributed by atoms with Gasteiger partial charge in [-0.2, -0.15) is 5.26 Å². The summed E-state index contributed by atoms with van der Waals surface area (Å²) in [6.45, 7) is 3.94. The van der Waals surface area contributed by atoms with E-state index in [-0.39, 0.29) is 11.9 Å². The normalized spacial score (nSPS) is 16.1. The number of hydrogen-bond donors (Lipinski definition) is 1. The van der Waals surface area contributed by atoms with E-state index < -0.39 is 0 Å². The highest BCUT2D eigenvalue weighted by atomic mass is 16.1. The summed E-state index contributed by atoms with van der Waals surface area (Å²) in [7, 11) is 0. The monoisotopic (exact) mass is 344 g/mol. The molecule has 5 heteroatoms. The van der Waals surface area contributed by atoms with Gasteiger partial charge in [0.15, 0.2) is 0 Å². The van der Waals surface area contributed by atoms with Crippen LogP contribution in [-0.2, 0) is 6.42 Å². The number of aryl methyl sites for hydroxylation is 3. The Morgan fingerprint density at radius 2 is 2.15 bits per heavy atom. The fraction of sp³-hybridized carbons (Fsp3) is 0.286. The van der Waals surface area contributed by atoms with Crippen molar-refractivity contribution in [2.24, 2.45) is 0 Å². The van der Waals surface area contributed by atoms with Gasteiger partial charge < -0.3 is 9.72 Å². The van der Waals surface area contributed by atoms with Crippen LogP contribution >= 0.6 is 0 Å². The second-order valence-corrected chi connectivity index (χ2v) is 6.91. The molecule has 2 heterocycles. The molecule has 0 radical (unpaired) electrons. The number of amides is 1. The van der Waals surface area contributed by atoms with Crippen molar-refractivity contribution in [1.82, 2.24) is 14.7 Å². The van der Waals surface area contributed by atoms with Crippen LogP contribution < -0.4 is 5.32 Å². The SMILES string of the molecule is Cc1cc(C)n2ccc(C(=O)NC3CCCc4ccc(C#N)cc43)c2n1. The van der Waals surface area contributed by atoms with E-state index >= 15 is 0 Å². The molecule has 4 rings (SSSR count). The number of aromatic nitrogens is 2. The van der Waals surface area contributed by atoms with E-state index in [1.54, 1.807) is 0 Å². The van der Waals surface area contributed by atoms with Gasteiger partial charge in [0.1, 0.15) is 5.65 Å². The molecule has 0 saturated heterocycles. The molecule has 0 fully saturated rings. The van der Waals surface area contributed by atoms with Crippen LogP contribution in [-0.4, -0.2) is 15.3 Å². The van der Waals surface area contributed by atoms with Crippen molar-refractivity contribution < 1.29 is 4.79 Å². The zero-order valence-corrected chi connectivity index (χ0v) is 14.9. The highest BCUT2D eigenvalue weighted by Crippen LogP contribution is 2.31. The van der Waals surface area contributed by atoms with Crippen LogP contribution in [0.1, 0.15) is 57.3 Å². The van der Waals surface area contributed by atoms with Gasteiger partial charge in [-0.1, -0.05) is 6.07 Å². The Morgan fingerprint density at radius 3 is 2.96 bits per heavy atom. The van der Waals surface area contributed by atoms with E-state index in [0.29, 0.717) is 16.8 Å². The summed E-state index contributed by atoms with van der Waals surface area (Å²) >= 11 is 0. The first-order valence-corrected chi connectivity index (χ1v) is 8.86. The Bertz CT molecular complexity index is 1060. The lowest BCUT2D eigenvalue weighted by molar-refractivity contribution is 0.0934. The summed E-state index contributed by atoms with van der Waals surface area (Å²) in [6, 6.07) is 11.7. The minimum atomic E-state index is -0.120. The molecule has 1 N–H and O–H groups in total. The second-order valence-electron chi connectivity index (χ2n) is 6.91. The quantitative estimate of drug-likeness (QED) is 0.772. The summed E-state index contributed by atoms with van der Waals surface area (Å²) in [5.74, 6) is -0.120. The standard InChI is InChI=1S/C21H20N4O/c1-13-10-14(2)25-9-8-17(20(25)23-13)21(26)24-19-5-3-4-16-7-6-15(12-22)11-18(16)19/h6-11,19H,3-5H2,1-2H3,(H,24,26). The van der Waals surface area contributed by atoms with Crippen LogP contribution in [0.2, 0.25) is 0 Å². The number of carbonyl (C=O) groups is 1. The number of benzene rings is 1. The molecule has 5 nitrogen and oxygen atoms in total. The van der Waals surface area contributed by atoms with E-state index in [4.69, 9.17) is 0 Å². The van der Waals surface area contributed by atoms with Crippen molar-refractivity contribution in [2.75, 3.05) is 0 Å². The Hall–Kier alpha value is -3.13. The number of nitrogens with zero attached hydrogens (tertiary/aromatic N) is 3. The average molecular weight is 344 g/mol. The largest absolute Gasteiger partial charge is 0.345 e. The molecule has 130 valence electrons. The molecule has 0 spiro atoms. The van der Waals surface area contributed by atoms with Gasteiger partial charge >= 0.3 is 0 Å². The van der Waals surface area contributed by atoms with Gasteiger partial charge in [-0.15, -0.1) is 0 Å². The molecule has 1 aliphatic carbocycles. The lowest BCUT2D eigenvalue weighted by atomic mass is 9.86. The molecule has 0 bridgehead atoms. The van der Waals surface area contributed by atoms with Gasteiger partial charge in [0, 0.05) is 17.6 Å². The smallest absolute Gasteiger partial charge is 0.255 e. The van der Waals surface area contributed by atoms with Crippen molar-refractivity contribution >= 4 is 11.6 Å². The van der Waals surface area contributed by atoms with Crippen molar-refractivity contribution in [3.05, 3.63) is 70.2 Å². The number of fused-ring (bicyclic) bond motifs is 2. The van der Waals surface area contributed by atoms with Gasteiger partial charge in [-0.05, 0) is 68.5 Å². The summed E-state index contributed by atoms with van der Waals surface area (Å²) in [5, 5.41) is 12.3. The minimum absolute atomic E-state index is 0.0691. The molecular formula is C21H20N4O. The number of nitrogens with one attached hydrogen (secondary N) is 1. The maximum atomic E-state index is 12.9. The molecule has 0 saturated carbocycles. The third-order valence-electron chi connectivity index (χ3n) is 5.08. The predicted molar refractivity (Wildman–Crippen MR) is 99.0 cm³/mol. The molecule has 1 aromatic carbocycles. The van der Waals surface area contributed by atoms with Crippen LogP contribution in [0.5, 0.6) is 0 Å². The summed E-state index contributed by atoms with van der Waals surface area (Å²) in [4.78, 5) is 17.5.